The fourth-order valence-electron chi connectivity index (χ4n) is 2.79. The minimum atomic E-state index is -0.485. The van der Waals surface area contributed by atoms with Gasteiger partial charge in [0, 0.05) is 30.9 Å². The third kappa shape index (κ3) is 7.01. The van der Waals surface area contributed by atoms with Gasteiger partial charge in [-0.05, 0) is 34.1 Å². The molecule has 27 heavy (non-hydrogen) atoms. The first-order chi connectivity index (χ1) is 12.7. The van der Waals surface area contributed by atoms with Crippen LogP contribution in [0.4, 0.5) is 4.79 Å². The van der Waals surface area contributed by atoms with E-state index in [9.17, 15) is 4.79 Å². The largest absolute Gasteiger partial charge is 0.444 e. The zero-order valence-corrected chi connectivity index (χ0v) is 18.2. The molecule has 2 N–H and O–H groups in total. The maximum Gasteiger partial charge on any atom is 0.407 e. The number of carbonyl (C=O) groups excluding carboxylic acids is 1. The first-order valence-electron chi connectivity index (χ1n) is 9.65. The number of ether oxygens (including phenoxy) is 1. The van der Waals surface area contributed by atoms with Crippen LogP contribution in [0.2, 0.25) is 0 Å². The number of aromatic nitrogens is 1. The fourth-order valence-corrected chi connectivity index (χ4v) is 3.61. The van der Waals surface area contributed by atoms with Crippen LogP contribution in [0.5, 0.6) is 0 Å². The molecule has 7 nitrogen and oxygen atoms in total. The lowest BCUT2D eigenvalue weighted by Crippen LogP contribution is -2.44. The van der Waals surface area contributed by atoms with Crippen LogP contribution in [0.15, 0.2) is 10.4 Å². The molecule has 1 fully saturated rings. The van der Waals surface area contributed by atoms with E-state index in [0.29, 0.717) is 12.5 Å². The Hall–Kier alpha value is -1.83. The molecule has 152 valence electrons. The van der Waals surface area contributed by atoms with Crippen LogP contribution in [0.25, 0.3) is 0 Å². The molecule has 0 aliphatic carbocycles. The van der Waals surface area contributed by atoms with Crippen molar-refractivity contribution in [2.75, 3.05) is 19.6 Å². The number of rotatable bonds is 5. The van der Waals surface area contributed by atoms with Crippen molar-refractivity contribution in [3.63, 3.8) is 0 Å². The lowest BCUT2D eigenvalue weighted by molar-refractivity contribution is 0.0507. The second-order valence-corrected chi connectivity index (χ2v) is 8.97. The Labute approximate surface area is 166 Å². The molecule has 1 aliphatic rings. The van der Waals surface area contributed by atoms with Gasteiger partial charge in [-0.2, -0.15) is 0 Å². The summed E-state index contributed by atoms with van der Waals surface area (Å²) in [6, 6.07) is 0.0653. The number of nitrogens with one attached hydrogen (secondary N) is 2. The molecule has 0 saturated carbocycles. The number of aliphatic imine (C=N–C) groups is 1. The maximum absolute atomic E-state index is 12.0. The zero-order valence-electron chi connectivity index (χ0n) is 17.3. The maximum atomic E-state index is 12.0. The summed E-state index contributed by atoms with van der Waals surface area (Å²) in [4.78, 5) is 23.6. The Balaban J connectivity index is 1.93. The number of amides is 1. The number of carbonyl (C=O) groups is 1. The highest BCUT2D eigenvalue weighted by Gasteiger charge is 2.27. The van der Waals surface area contributed by atoms with Gasteiger partial charge in [0.2, 0.25) is 0 Å². The van der Waals surface area contributed by atoms with Crippen LogP contribution in [-0.2, 0) is 11.3 Å². The van der Waals surface area contributed by atoms with Gasteiger partial charge < -0.3 is 20.3 Å². The number of thiazole rings is 1. The smallest absolute Gasteiger partial charge is 0.407 e. The number of hydrogen-bond acceptors (Lipinski definition) is 5. The SMILES string of the molecule is CCNC(=NCc1csc(C(C)C)n1)N1CCC(NC(=O)OC(C)(C)C)C1. The van der Waals surface area contributed by atoms with Crippen molar-refractivity contribution < 1.29 is 9.53 Å². The van der Waals surface area contributed by atoms with Crippen LogP contribution in [0.1, 0.15) is 64.6 Å². The van der Waals surface area contributed by atoms with Crippen LogP contribution in [-0.4, -0.2) is 53.2 Å². The zero-order chi connectivity index (χ0) is 20.0. The lowest BCUT2D eigenvalue weighted by atomic mass is 10.2. The summed E-state index contributed by atoms with van der Waals surface area (Å²) < 4.78 is 5.35. The van der Waals surface area contributed by atoms with E-state index in [2.05, 4.69) is 46.7 Å². The van der Waals surface area contributed by atoms with E-state index in [1.807, 2.05) is 20.8 Å². The molecule has 1 aliphatic heterocycles. The predicted molar refractivity (Wildman–Crippen MR) is 110 cm³/mol. The molecule has 2 heterocycles. The summed E-state index contributed by atoms with van der Waals surface area (Å²) in [6.45, 7) is 14.9. The molecule has 1 unspecified atom stereocenters. The second kappa shape index (κ2) is 9.39. The normalized spacial score (nSPS) is 18.1. The summed E-state index contributed by atoms with van der Waals surface area (Å²) in [5.74, 6) is 1.31. The molecule has 0 radical (unpaired) electrons. The third-order valence-electron chi connectivity index (χ3n) is 4.00. The number of alkyl carbamates (subject to hydrolysis) is 1. The summed E-state index contributed by atoms with van der Waals surface area (Å²) in [5, 5.41) is 9.53. The van der Waals surface area contributed by atoms with Gasteiger partial charge in [-0.25, -0.2) is 14.8 Å². The monoisotopic (exact) mass is 395 g/mol. The topological polar surface area (TPSA) is 78.9 Å². The first kappa shape index (κ1) is 21.5. The molecular formula is C19H33N5O2S. The van der Waals surface area contributed by atoms with Gasteiger partial charge in [-0.1, -0.05) is 13.8 Å². The molecule has 1 amide bonds. The van der Waals surface area contributed by atoms with E-state index in [4.69, 9.17) is 9.73 Å². The van der Waals surface area contributed by atoms with Crippen molar-refractivity contribution >= 4 is 23.4 Å². The minimum Gasteiger partial charge on any atom is -0.444 e. The molecule has 0 spiro atoms. The fraction of sp³-hybridized carbons (Fsp3) is 0.737. The Bertz CT molecular complexity index is 651. The number of hydrogen-bond donors (Lipinski definition) is 2. The third-order valence-corrected chi connectivity index (χ3v) is 5.19. The van der Waals surface area contributed by atoms with Gasteiger partial charge in [0.25, 0.3) is 0 Å². The summed E-state index contributed by atoms with van der Waals surface area (Å²) in [7, 11) is 0. The van der Waals surface area contributed by atoms with Crippen molar-refractivity contribution in [3.8, 4) is 0 Å². The van der Waals surface area contributed by atoms with E-state index in [1.54, 1.807) is 11.3 Å². The lowest BCUT2D eigenvalue weighted by Gasteiger charge is -2.23. The summed E-state index contributed by atoms with van der Waals surface area (Å²) in [5.41, 5.74) is 0.517. The van der Waals surface area contributed by atoms with E-state index in [-0.39, 0.29) is 12.1 Å². The molecule has 0 aromatic carbocycles. The molecule has 1 saturated heterocycles. The van der Waals surface area contributed by atoms with Crippen LogP contribution in [0, 0.1) is 0 Å². The average Bonchev–Trinajstić information content (AvgIpc) is 3.19. The molecule has 1 aromatic heterocycles. The summed E-state index contributed by atoms with van der Waals surface area (Å²) >= 11 is 1.69. The molecular weight excluding hydrogens is 362 g/mol. The van der Waals surface area contributed by atoms with Crippen molar-refractivity contribution in [1.29, 1.82) is 0 Å². The van der Waals surface area contributed by atoms with E-state index in [0.717, 1.165) is 42.7 Å². The van der Waals surface area contributed by atoms with Gasteiger partial charge in [0.1, 0.15) is 5.60 Å². The number of nitrogens with zero attached hydrogens (tertiary/aromatic N) is 3. The quantitative estimate of drug-likeness (QED) is 0.591. The van der Waals surface area contributed by atoms with E-state index in [1.165, 1.54) is 0 Å². The molecule has 1 atom stereocenters. The minimum absolute atomic E-state index is 0.0653. The standard InChI is InChI=1S/C19H33N5O2S/c1-7-20-17(21-10-15-12-27-16(22-15)13(2)3)24-9-8-14(11-24)23-18(25)26-19(4,5)6/h12-14H,7-11H2,1-6H3,(H,20,21)(H,23,25). The number of guanidine groups is 1. The van der Waals surface area contributed by atoms with Crippen molar-refractivity contribution in [2.24, 2.45) is 4.99 Å². The highest BCUT2D eigenvalue weighted by molar-refractivity contribution is 7.09. The molecule has 0 bridgehead atoms. The molecule has 2 rings (SSSR count). The average molecular weight is 396 g/mol. The Morgan fingerprint density at radius 2 is 2.22 bits per heavy atom. The molecule has 8 heteroatoms. The summed E-state index contributed by atoms with van der Waals surface area (Å²) in [6.07, 6.45) is 0.512. The van der Waals surface area contributed by atoms with Crippen LogP contribution >= 0.6 is 11.3 Å². The highest BCUT2D eigenvalue weighted by Crippen LogP contribution is 2.19. The van der Waals surface area contributed by atoms with Crippen molar-refractivity contribution in [2.45, 2.75) is 72.1 Å². The highest BCUT2D eigenvalue weighted by atomic mass is 32.1. The van der Waals surface area contributed by atoms with Gasteiger partial charge >= 0.3 is 6.09 Å². The van der Waals surface area contributed by atoms with Gasteiger partial charge in [0.05, 0.1) is 23.3 Å². The van der Waals surface area contributed by atoms with Crippen molar-refractivity contribution in [1.82, 2.24) is 20.5 Å². The van der Waals surface area contributed by atoms with Crippen LogP contribution < -0.4 is 10.6 Å². The van der Waals surface area contributed by atoms with E-state index >= 15 is 0 Å². The Morgan fingerprint density at radius 1 is 1.48 bits per heavy atom. The van der Waals surface area contributed by atoms with Crippen molar-refractivity contribution in [3.05, 3.63) is 16.1 Å². The Morgan fingerprint density at radius 3 is 2.81 bits per heavy atom. The van der Waals surface area contributed by atoms with E-state index < -0.39 is 5.60 Å². The first-order valence-corrected chi connectivity index (χ1v) is 10.5. The Kier molecular flexibility index (Phi) is 7.47. The number of likely N-dealkylation sites (tertiary alicyclic amines) is 1. The molecule has 1 aromatic rings. The van der Waals surface area contributed by atoms with Gasteiger partial charge in [0.15, 0.2) is 5.96 Å². The van der Waals surface area contributed by atoms with Gasteiger partial charge in [-0.15, -0.1) is 11.3 Å². The second-order valence-electron chi connectivity index (χ2n) is 8.08. The van der Waals surface area contributed by atoms with Crippen LogP contribution in [0.3, 0.4) is 0 Å². The predicted octanol–water partition coefficient (Wildman–Crippen LogP) is 3.33. The van der Waals surface area contributed by atoms with Gasteiger partial charge in [-0.3, -0.25) is 0 Å².